The summed E-state index contributed by atoms with van der Waals surface area (Å²) in [4.78, 5) is 51.0. The Labute approximate surface area is 231 Å². The number of carbonyl (C=O) groups excluding carboxylic acids is 2. The highest BCUT2D eigenvalue weighted by atomic mass is 32.2. The Hall–Kier alpha value is -3.39. The van der Waals surface area contributed by atoms with Crippen molar-refractivity contribution in [3.63, 3.8) is 0 Å². The maximum Gasteiger partial charge on any atom is 0.352 e. The normalized spacial score (nSPS) is 19.4. The van der Waals surface area contributed by atoms with Crippen molar-refractivity contribution < 1.29 is 24.7 Å². The second-order valence-corrected chi connectivity index (χ2v) is 11.3. The Morgan fingerprint density at radius 1 is 1.32 bits per heavy atom. The van der Waals surface area contributed by atoms with Crippen LogP contribution in [-0.4, -0.2) is 87.5 Å². The molecule has 15 nitrogen and oxygen atoms in total. The molecule has 0 saturated carbocycles. The molecule has 0 aliphatic carbocycles. The van der Waals surface area contributed by atoms with Crippen molar-refractivity contribution in [1.82, 2.24) is 29.5 Å². The molecule has 2 aromatic rings. The predicted octanol–water partition coefficient (Wildman–Crippen LogP) is -0.234. The molecular formula is C19H20N10O5S4. The van der Waals surface area contributed by atoms with Crippen LogP contribution in [0.15, 0.2) is 44.2 Å². The van der Waals surface area contributed by atoms with Crippen LogP contribution in [0.5, 0.6) is 0 Å². The summed E-state index contributed by atoms with van der Waals surface area (Å²) < 4.78 is 3.82. The molecule has 0 aromatic carbocycles. The van der Waals surface area contributed by atoms with Crippen molar-refractivity contribution in [1.29, 1.82) is 0 Å². The first-order valence-electron chi connectivity index (χ1n) is 10.6. The number of thioether (sulfide) groups is 3. The molecule has 4 rings (SSSR count). The van der Waals surface area contributed by atoms with Crippen LogP contribution in [0.2, 0.25) is 0 Å². The van der Waals surface area contributed by atoms with Gasteiger partial charge in [-0.2, -0.15) is 9.36 Å². The summed E-state index contributed by atoms with van der Waals surface area (Å²) in [7, 11) is 0. The summed E-state index contributed by atoms with van der Waals surface area (Å²) >= 11 is 4.66. The van der Waals surface area contributed by atoms with E-state index in [1.54, 1.807) is 17.6 Å². The Bertz CT molecular complexity index is 1360. The zero-order valence-electron chi connectivity index (χ0n) is 19.2. The molecule has 4 heterocycles. The number of carboxylic acids is 1. The third-order valence-corrected chi connectivity index (χ3v) is 8.41. The van der Waals surface area contributed by atoms with Crippen molar-refractivity contribution in [2.24, 2.45) is 10.9 Å². The average molecular weight is 597 g/mol. The molecule has 1 saturated heterocycles. The van der Waals surface area contributed by atoms with Gasteiger partial charge in [0, 0.05) is 35.6 Å². The first-order valence-corrected chi connectivity index (χ1v) is 14.3. The van der Waals surface area contributed by atoms with Crippen LogP contribution in [0, 0.1) is 0 Å². The lowest BCUT2D eigenvalue weighted by Gasteiger charge is -2.49. The molecule has 2 aromatic heterocycles. The summed E-state index contributed by atoms with van der Waals surface area (Å²) in [6.45, 7) is 0.462. The number of aliphatic carboxylic acids is 1. The van der Waals surface area contributed by atoms with Crippen LogP contribution in [0.3, 0.4) is 0 Å². The fourth-order valence-corrected chi connectivity index (χ4v) is 6.53. The number of nitrogens with zero attached hydrogens (tertiary/aromatic N) is 6. The highest BCUT2D eigenvalue weighted by Gasteiger charge is 2.54. The lowest BCUT2D eigenvalue weighted by atomic mass is 10.0. The molecule has 9 N–H and O–H groups in total. The molecule has 1 fully saturated rings. The van der Waals surface area contributed by atoms with Gasteiger partial charge in [-0.05, 0) is 17.1 Å². The van der Waals surface area contributed by atoms with Gasteiger partial charge in [0.1, 0.15) is 28.0 Å². The van der Waals surface area contributed by atoms with Crippen molar-refractivity contribution in [2.75, 3.05) is 29.5 Å². The highest BCUT2D eigenvalue weighted by molar-refractivity contribution is 8.02. The first kappa shape index (κ1) is 27.6. The van der Waals surface area contributed by atoms with Gasteiger partial charge >= 0.3 is 5.97 Å². The number of carboxylic acid groups (broad SMARTS) is 1. The molecule has 200 valence electrons. The van der Waals surface area contributed by atoms with Gasteiger partial charge in [0.2, 0.25) is 11.5 Å². The van der Waals surface area contributed by atoms with Gasteiger partial charge in [-0.15, -0.1) is 11.8 Å². The number of nitrogens with two attached hydrogens (primary N) is 3. The SMILES string of the molecule is NCCSc1nc(N)cc(S/C=C/C2=C(C(=O)O)N3C(=O)[C@@H](NC(=O)/C(=N/O)c4nsc(N)n4)[C@H]3SC2)n1. The molecule has 0 radical (unpaired) electrons. The smallest absolute Gasteiger partial charge is 0.352 e. The maximum atomic E-state index is 12.9. The zero-order chi connectivity index (χ0) is 27.4. The fraction of sp³-hybridized carbons (Fsp3) is 0.263. The van der Waals surface area contributed by atoms with E-state index in [-0.39, 0.29) is 22.4 Å². The van der Waals surface area contributed by atoms with Gasteiger partial charge in [-0.3, -0.25) is 14.5 Å². The first-order chi connectivity index (χ1) is 18.2. The number of β-lactam (4-membered cyclic amide) rings is 1. The Morgan fingerprint density at radius 2 is 2.11 bits per heavy atom. The number of hydrogen-bond donors (Lipinski definition) is 6. The van der Waals surface area contributed by atoms with Crippen molar-refractivity contribution >= 4 is 81.3 Å². The van der Waals surface area contributed by atoms with E-state index in [1.807, 2.05) is 0 Å². The summed E-state index contributed by atoms with van der Waals surface area (Å²) in [5.41, 5.74) is 16.6. The second kappa shape index (κ2) is 12.0. The van der Waals surface area contributed by atoms with Crippen LogP contribution in [0.1, 0.15) is 5.82 Å². The van der Waals surface area contributed by atoms with E-state index in [4.69, 9.17) is 17.2 Å². The number of oxime groups is 1. The van der Waals surface area contributed by atoms with Crippen LogP contribution < -0.4 is 22.5 Å². The molecular weight excluding hydrogens is 577 g/mol. The Balaban J connectivity index is 1.46. The Morgan fingerprint density at radius 3 is 2.76 bits per heavy atom. The number of nitrogen functional groups attached to an aromatic ring is 2. The number of carbonyl (C=O) groups is 3. The molecule has 2 atom stereocenters. The van der Waals surface area contributed by atoms with E-state index in [1.165, 1.54) is 35.3 Å². The number of hydrogen-bond acceptors (Lipinski definition) is 16. The van der Waals surface area contributed by atoms with Gasteiger partial charge < -0.3 is 32.8 Å². The van der Waals surface area contributed by atoms with Crippen LogP contribution in [0.4, 0.5) is 10.9 Å². The van der Waals surface area contributed by atoms with Crippen LogP contribution >= 0.6 is 46.8 Å². The number of allylic oxidation sites excluding steroid dienone is 1. The molecule has 19 heteroatoms. The summed E-state index contributed by atoms with van der Waals surface area (Å²) in [5.74, 6) is -1.83. The van der Waals surface area contributed by atoms with E-state index in [2.05, 4.69) is 29.8 Å². The van der Waals surface area contributed by atoms with Gasteiger partial charge in [-0.1, -0.05) is 28.7 Å². The van der Waals surface area contributed by atoms with Gasteiger partial charge in [0.15, 0.2) is 10.3 Å². The van der Waals surface area contributed by atoms with Gasteiger partial charge in [0.25, 0.3) is 11.8 Å². The van der Waals surface area contributed by atoms with E-state index in [9.17, 15) is 24.7 Å². The number of aromatic nitrogens is 4. The van der Waals surface area contributed by atoms with Crippen LogP contribution in [-0.2, 0) is 14.4 Å². The second-order valence-electron chi connectivity index (χ2n) is 7.42. The number of anilines is 2. The number of rotatable bonds is 10. The summed E-state index contributed by atoms with van der Waals surface area (Å²) in [6.07, 6.45) is 1.59. The number of amides is 2. The van der Waals surface area contributed by atoms with E-state index in [0.29, 0.717) is 33.9 Å². The van der Waals surface area contributed by atoms with E-state index >= 15 is 0 Å². The van der Waals surface area contributed by atoms with E-state index < -0.39 is 34.9 Å². The van der Waals surface area contributed by atoms with E-state index in [0.717, 1.165) is 16.4 Å². The summed E-state index contributed by atoms with van der Waals surface area (Å²) in [5, 5.41) is 26.5. The quantitative estimate of drug-likeness (QED) is 0.0394. The summed E-state index contributed by atoms with van der Waals surface area (Å²) in [6, 6.07) is 0.550. The lowest BCUT2D eigenvalue weighted by Crippen LogP contribution is -2.71. The molecule has 0 bridgehead atoms. The standard InChI is InChI=1S/C19H20N10O5S4/c20-2-4-36-19-23-8(21)5-9(24-19)35-3-1-7-6-37-16-11(15(31)29(16)12(7)17(32)33)25-14(30)10(27-34)13-26-18(22)38-28-13/h1,3,5,11,16,34H,2,4,6,20H2,(H,25,30)(H,32,33)(H2,21,23,24)(H2,22,26,28)/b3-1+,27-10+/t11-,16-/m1/s1. The molecule has 0 spiro atoms. The van der Waals surface area contributed by atoms with Crippen molar-refractivity contribution in [3.8, 4) is 0 Å². The highest BCUT2D eigenvalue weighted by Crippen LogP contribution is 2.41. The fourth-order valence-electron chi connectivity index (χ4n) is 3.39. The van der Waals surface area contributed by atoms with Crippen molar-refractivity contribution in [3.05, 3.63) is 34.6 Å². The Kier molecular flexibility index (Phi) is 8.72. The minimum absolute atomic E-state index is 0.0618. The molecule has 0 unspecified atom stereocenters. The third kappa shape index (κ3) is 5.85. The average Bonchev–Trinajstić information content (AvgIpc) is 3.31. The van der Waals surface area contributed by atoms with Crippen molar-refractivity contribution in [2.45, 2.75) is 21.6 Å². The molecule has 2 aliphatic heterocycles. The third-order valence-electron chi connectivity index (χ3n) is 4.96. The predicted molar refractivity (Wildman–Crippen MR) is 144 cm³/mol. The topological polar surface area (TPSA) is 249 Å². The lowest BCUT2D eigenvalue weighted by molar-refractivity contribution is -0.150. The van der Waals surface area contributed by atoms with Gasteiger partial charge in [0.05, 0.1) is 0 Å². The maximum absolute atomic E-state index is 12.9. The van der Waals surface area contributed by atoms with Crippen LogP contribution in [0.25, 0.3) is 0 Å². The largest absolute Gasteiger partial charge is 0.477 e. The number of nitrogens with one attached hydrogen (secondary N) is 1. The molecule has 38 heavy (non-hydrogen) atoms. The molecule has 2 amide bonds. The molecule has 2 aliphatic rings. The minimum atomic E-state index is -1.29. The monoisotopic (exact) mass is 596 g/mol. The minimum Gasteiger partial charge on any atom is -0.477 e. The number of fused-ring (bicyclic) bond motifs is 1. The zero-order valence-corrected chi connectivity index (χ0v) is 22.4. The van der Waals surface area contributed by atoms with Gasteiger partial charge in [-0.25, -0.2) is 14.8 Å².